The number of nitrogens with zero attached hydrogens (tertiary/aromatic N) is 4. The molecule has 0 bridgehead atoms. The van der Waals surface area contributed by atoms with Crippen LogP contribution in [0, 0.1) is 23.5 Å². The summed E-state index contributed by atoms with van der Waals surface area (Å²) in [6, 6.07) is 34.1. The summed E-state index contributed by atoms with van der Waals surface area (Å²) in [4.78, 5) is 5.14. The van der Waals surface area contributed by atoms with Crippen molar-refractivity contribution in [1.82, 2.24) is 20.4 Å². The molecule has 4 aliphatic carbocycles. The highest BCUT2D eigenvalue weighted by Crippen LogP contribution is 2.44. The summed E-state index contributed by atoms with van der Waals surface area (Å²) in [5, 5.41) is 33.1. The Morgan fingerprint density at radius 1 is 0.610 bits per heavy atom. The first-order valence-corrected chi connectivity index (χ1v) is 20.4. The molecule has 3 N–H and O–H groups in total. The lowest BCUT2D eigenvalue weighted by Crippen LogP contribution is -2.31. The average Bonchev–Trinajstić information content (AvgIpc) is 3.86. The van der Waals surface area contributed by atoms with Crippen molar-refractivity contribution in [3.8, 4) is 0 Å². The van der Waals surface area contributed by atoms with Gasteiger partial charge in [0.25, 0.3) is 0 Å². The monoisotopic (exact) mass is 788 g/mol. The zero-order valence-corrected chi connectivity index (χ0v) is 32.9. The van der Waals surface area contributed by atoms with Crippen LogP contribution in [0.3, 0.4) is 0 Å². The number of fused-ring (bicyclic) bond motifs is 2. The number of oxime groups is 2. The lowest BCUT2D eigenvalue weighted by Gasteiger charge is -2.34. The van der Waals surface area contributed by atoms with E-state index in [9.17, 15) is 14.0 Å². The maximum Gasteiger partial charge on any atom is 0.123 e. The smallest absolute Gasteiger partial charge is 0.123 e. The van der Waals surface area contributed by atoms with Crippen molar-refractivity contribution in [2.24, 2.45) is 22.1 Å². The predicted molar refractivity (Wildman–Crippen MR) is 226 cm³/mol. The van der Waals surface area contributed by atoms with Crippen LogP contribution in [0.5, 0.6) is 0 Å². The van der Waals surface area contributed by atoms with Gasteiger partial charge in [-0.25, -0.2) is 8.78 Å². The molecule has 4 aliphatic rings. The van der Waals surface area contributed by atoms with E-state index in [1.165, 1.54) is 36.2 Å². The van der Waals surface area contributed by atoms with E-state index in [0.717, 1.165) is 88.4 Å². The molecular formula is C49H46F2N6O2. The van der Waals surface area contributed by atoms with Crippen LogP contribution in [-0.4, -0.2) is 44.1 Å². The first-order chi connectivity index (χ1) is 28.9. The lowest BCUT2D eigenvalue weighted by atomic mass is 9.68. The molecule has 0 amide bonds. The lowest BCUT2D eigenvalue weighted by molar-refractivity contribution is 0.208. The van der Waals surface area contributed by atoms with Gasteiger partial charge >= 0.3 is 0 Å². The Morgan fingerprint density at radius 2 is 1.02 bits per heavy atom. The Balaban J connectivity index is 0.000000152. The van der Waals surface area contributed by atoms with Crippen LogP contribution in [0.2, 0.25) is 0 Å². The fourth-order valence-electron chi connectivity index (χ4n) is 9.11. The maximum atomic E-state index is 13.6. The molecule has 2 aromatic heterocycles. The summed E-state index contributed by atoms with van der Waals surface area (Å²) in [7, 11) is 1.59. The molecule has 10 heteroatoms. The van der Waals surface area contributed by atoms with Gasteiger partial charge < -0.3 is 10.0 Å². The minimum absolute atomic E-state index is 0.229. The first kappa shape index (κ1) is 38.1. The Labute approximate surface area is 342 Å². The van der Waals surface area contributed by atoms with Gasteiger partial charge in [-0.1, -0.05) is 132 Å². The molecule has 0 radical (unpaired) electrons. The second-order valence-corrected chi connectivity index (χ2v) is 16.0. The van der Waals surface area contributed by atoms with Gasteiger partial charge in [-0.05, 0) is 72.2 Å². The van der Waals surface area contributed by atoms with Crippen molar-refractivity contribution in [2.45, 2.75) is 62.2 Å². The number of hydrogen-bond acceptors (Lipinski definition) is 6. The number of rotatable bonds is 9. The third-order valence-electron chi connectivity index (χ3n) is 12.8. The van der Waals surface area contributed by atoms with Crippen molar-refractivity contribution in [1.29, 1.82) is 0 Å². The van der Waals surface area contributed by atoms with Gasteiger partial charge in [0.15, 0.2) is 0 Å². The Hall–Kier alpha value is -6.42. The fourth-order valence-corrected chi connectivity index (χ4v) is 9.11. The topological polar surface area (TPSA) is 112 Å². The Kier molecular flexibility index (Phi) is 10.4. The van der Waals surface area contributed by atoms with Gasteiger partial charge in [0.2, 0.25) is 0 Å². The van der Waals surface area contributed by atoms with Gasteiger partial charge in [0.1, 0.15) is 41.6 Å². The van der Waals surface area contributed by atoms with Gasteiger partial charge in [-0.2, -0.15) is 10.2 Å². The SMILES string of the molecule is CON=C(c1n[nH]c2c1C=CC(c1ccccc1)(c1ccc(F)cc1)C2)C1CCC1.ON=C(c1n[nH]c2c1C=CC(c1ccccc1)(c1ccc(F)cc1)C2)C1CCC1. The quantitative estimate of drug-likeness (QED) is 0.0769. The summed E-state index contributed by atoms with van der Waals surface area (Å²) >= 11 is 0. The molecule has 10 rings (SSSR count). The van der Waals surface area contributed by atoms with Crippen molar-refractivity contribution in [2.75, 3.05) is 7.11 Å². The van der Waals surface area contributed by atoms with Crippen LogP contribution >= 0.6 is 0 Å². The van der Waals surface area contributed by atoms with Crippen LogP contribution < -0.4 is 0 Å². The summed E-state index contributed by atoms with van der Waals surface area (Å²) < 4.78 is 27.2. The van der Waals surface area contributed by atoms with Crippen LogP contribution in [-0.2, 0) is 28.5 Å². The number of halogens is 2. The molecule has 0 spiro atoms. The average molecular weight is 789 g/mol. The van der Waals surface area contributed by atoms with Crippen LogP contribution in [0.1, 0.15) is 94.7 Å². The molecule has 2 saturated carbocycles. The number of aromatic nitrogens is 4. The summed E-state index contributed by atoms with van der Waals surface area (Å²) in [5.41, 5.74) is 10.9. The molecule has 298 valence electrons. The molecule has 2 heterocycles. The molecule has 0 saturated heterocycles. The molecule has 8 nitrogen and oxygen atoms in total. The fraction of sp³-hybridized carbons (Fsp3) is 0.265. The summed E-state index contributed by atoms with van der Waals surface area (Å²) in [5.74, 6) is 0.208. The summed E-state index contributed by atoms with van der Waals surface area (Å²) in [6.45, 7) is 0. The third kappa shape index (κ3) is 7.00. The number of benzene rings is 4. The summed E-state index contributed by atoms with van der Waals surface area (Å²) in [6.07, 6.45) is 16.7. The van der Waals surface area contributed by atoms with E-state index < -0.39 is 5.41 Å². The Morgan fingerprint density at radius 3 is 1.41 bits per heavy atom. The van der Waals surface area contributed by atoms with Crippen molar-refractivity contribution in [3.63, 3.8) is 0 Å². The predicted octanol–water partition coefficient (Wildman–Crippen LogP) is 10.3. The van der Waals surface area contributed by atoms with E-state index in [4.69, 9.17) is 4.84 Å². The van der Waals surface area contributed by atoms with Crippen LogP contribution in [0.15, 0.2) is 132 Å². The molecule has 0 aliphatic heterocycles. The van der Waals surface area contributed by atoms with Gasteiger partial charge in [0, 0.05) is 58.0 Å². The highest BCUT2D eigenvalue weighted by Gasteiger charge is 2.40. The van der Waals surface area contributed by atoms with Crippen LogP contribution in [0.25, 0.3) is 12.2 Å². The molecule has 2 atom stereocenters. The largest absolute Gasteiger partial charge is 0.411 e. The minimum atomic E-state index is -0.418. The van der Waals surface area contributed by atoms with E-state index in [-0.39, 0.29) is 23.0 Å². The first-order valence-electron chi connectivity index (χ1n) is 20.4. The zero-order valence-electron chi connectivity index (χ0n) is 32.9. The molecular weight excluding hydrogens is 743 g/mol. The number of H-pyrrole nitrogens is 2. The molecule has 2 fully saturated rings. The van der Waals surface area contributed by atoms with Crippen molar-refractivity contribution < 1.29 is 18.8 Å². The van der Waals surface area contributed by atoms with E-state index in [1.807, 2.05) is 60.7 Å². The Bertz CT molecular complexity index is 2530. The maximum absolute atomic E-state index is 13.6. The van der Waals surface area contributed by atoms with Gasteiger partial charge in [0.05, 0.1) is 0 Å². The highest BCUT2D eigenvalue weighted by atomic mass is 19.1. The number of hydrogen-bond donors (Lipinski definition) is 3. The van der Waals surface area contributed by atoms with Gasteiger partial charge in [-0.3, -0.25) is 10.2 Å². The number of nitrogens with one attached hydrogen (secondary N) is 2. The molecule has 2 unspecified atom stereocenters. The highest BCUT2D eigenvalue weighted by molar-refractivity contribution is 6.04. The standard InChI is InChI=1S/C25H24FN3O.C24H22FN3O/c1-30-29-23(17-6-5-7-17)24-21-14-15-25(16-22(21)27-28-24,18-8-3-2-4-9-18)19-10-12-20(26)13-11-19;25-19-11-9-18(10-12-19)24(17-7-2-1-3-8-17)14-13-20-21(15-24)26-27-23(20)22(28-29)16-5-4-6-16/h2-4,8-15,17H,5-7,16H2,1H3,(H,27,28);1-3,7-14,16,29H,4-6,15H2,(H,26,27). The van der Waals surface area contributed by atoms with E-state index in [2.05, 4.69) is 79.3 Å². The third-order valence-corrected chi connectivity index (χ3v) is 12.8. The number of allylic oxidation sites excluding steroid dienone is 2. The zero-order chi connectivity index (χ0) is 40.4. The van der Waals surface area contributed by atoms with E-state index in [1.54, 1.807) is 7.11 Å². The number of aromatic amines is 2. The van der Waals surface area contributed by atoms with E-state index in [0.29, 0.717) is 24.5 Å². The molecule has 4 aromatic carbocycles. The second-order valence-electron chi connectivity index (χ2n) is 16.0. The minimum Gasteiger partial charge on any atom is -0.411 e. The van der Waals surface area contributed by atoms with Crippen LogP contribution in [0.4, 0.5) is 8.78 Å². The second kappa shape index (κ2) is 16.1. The normalized spacial score (nSPS) is 21.4. The van der Waals surface area contributed by atoms with Crippen molar-refractivity contribution in [3.05, 3.63) is 189 Å². The van der Waals surface area contributed by atoms with Crippen molar-refractivity contribution >= 4 is 23.6 Å². The molecule has 6 aromatic rings. The van der Waals surface area contributed by atoms with Gasteiger partial charge in [-0.15, -0.1) is 0 Å². The molecule has 59 heavy (non-hydrogen) atoms. The van der Waals surface area contributed by atoms with E-state index >= 15 is 0 Å².